The normalized spacial score (nSPS) is 12.6. The molecule has 1 aliphatic heterocycles. The molecule has 0 saturated heterocycles. The van der Waals surface area contributed by atoms with Crippen LogP contribution in [0, 0.1) is 17.0 Å². The highest BCUT2D eigenvalue weighted by atomic mass is 16.6. The van der Waals surface area contributed by atoms with Gasteiger partial charge >= 0.3 is 5.97 Å². The number of para-hydroxylation sites is 2. The highest BCUT2D eigenvalue weighted by molar-refractivity contribution is 6.01. The molecule has 10 nitrogen and oxygen atoms in total. The first-order valence-corrected chi connectivity index (χ1v) is 8.58. The summed E-state index contributed by atoms with van der Waals surface area (Å²) in [5.74, 6) is -1.37. The summed E-state index contributed by atoms with van der Waals surface area (Å²) in [6, 6.07) is 11.0. The number of amides is 2. The fraction of sp³-hybridized carbons (Fsp3) is 0.211. The van der Waals surface area contributed by atoms with Crippen molar-refractivity contribution in [2.45, 2.75) is 6.92 Å². The molecule has 1 N–H and O–H groups in total. The molecular weight excluding hydrogens is 382 g/mol. The van der Waals surface area contributed by atoms with Gasteiger partial charge in [0.25, 0.3) is 17.5 Å². The second kappa shape index (κ2) is 8.38. The maximum atomic E-state index is 12.1. The molecule has 2 aromatic rings. The van der Waals surface area contributed by atoms with E-state index in [1.54, 1.807) is 31.2 Å². The molecular formula is C19H17N3O7. The molecule has 0 spiro atoms. The number of benzene rings is 2. The lowest BCUT2D eigenvalue weighted by Crippen LogP contribution is -2.42. The number of hydrogen-bond donors (Lipinski definition) is 1. The molecule has 0 saturated carbocycles. The van der Waals surface area contributed by atoms with Crippen molar-refractivity contribution in [1.29, 1.82) is 0 Å². The van der Waals surface area contributed by atoms with Gasteiger partial charge < -0.3 is 14.8 Å². The highest BCUT2D eigenvalue weighted by Gasteiger charge is 2.27. The van der Waals surface area contributed by atoms with Gasteiger partial charge in [0.2, 0.25) is 0 Å². The number of hydrogen-bond acceptors (Lipinski definition) is 7. The number of anilines is 2. The van der Waals surface area contributed by atoms with Gasteiger partial charge in [0, 0.05) is 17.3 Å². The third kappa shape index (κ3) is 4.67. The van der Waals surface area contributed by atoms with Gasteiger partial charge in [-0.2, -0.15) is 0 Å². The first-order valence-electron chi connectivity index (χ1n) is 8.58. The number of nitro benzene ring substituents is 1. The maximum absolute atomic E-state index is 12.1. The molecule has 0 aromatic heterocycles. The fourth-order valence-corrected chi connectivity index (χ4v) is 2.73. The van der Waals surface area contributed by atoms with E-state index in [1.807, 2.05) is 0 Å². The van der Waals surface area contributed by atoms with Gasteiger partial charge in [0.05, 0.1) is 10.6 Å². The molecule has 0 bridgehead atoms. The van der Waals surface area contributed by atoms with E-state index >= 15 is 0 Å². The maximum Gasteiger partial charge on any atom is 0.326 e. The van der Waals surface area contributed by atoms with Crippen molar-refractivity contribution < 1.29 is 28.8 Å². The van der Waals surface area contributed by atoms with Crippen LogP contribution in [0.2, 0.25) is 0 Å². The van der Waals surface area contributed by atoms with Crippen molar-refractivity contribution in [3.63, 3.8) is 0 Å². The summed E-state index contributed by atoms with van der Waals surface area (Å²) >= 11 is 0. The molecule has 10 heteroatoms. The van der Waals surface area contributed by atoms with Gasteiger partial charge in [-0.25, -0.2) is 0 Å². The lowest BCUT2D eigenvalue weighted by molar-refractivity contribution is -0.385. The van der Waals surface area contributed by atoms with Crippen LogP contribution < -0.4 is 15.0 Å². The number of nitrogens with zero attached hydrogens (tertiary/aromatic N) is 2. The van der Waals surface area contributed by atoms with Crippen LogP contribution in [0.1, 0.15) is 5.56 Å². The molecule has 1 heterocycles. The van der Waals surface area contributed by atoms with E-state index in [2.05, 4.69) is 5.32 Å². The molecule has 0 unspecified atom stereocenters. The Kier molecular flexibility index (Phi) is 5.72. The molecule has 0 aliphatic carbocycles. The summed E-state index contributed by atoms with van der Waals surface area (Å²) in [5, 5.41) is 13.4. The van der Waals surface area contributed by atoms with E-state index in [1.165, 1.54) is 23.1 Å². The van der Waals surface area contributed by atoms with Crippen molar-refractivity contribution in [1.82, 2.24) is 0 Å². The minimum absolute atomic E-state index is 0.135. The Bertz CT molecular complexity index is 990. The molecule has 150 valence electrons. The lowest BCUT2D eigenvalue weighted by Gasteiger charge is -2.28. The monoisotopic (exact) mass is 399 g/mol. The van der Waals surface area contributed by atoms with Crippen LogP contribution in [0.3, 0.4) is 0 Å². The summed E-state index contributed by atoms with van der Waals surface area (Å²) in [4.78, 5) is 47.7. The Hall–Kier alpha value is -3.95. The topological polar surface area (TPSA) is 128 Å². The minimum atomic E-state index is -0.778. The Morgan fingerprint density at radius 1 is 1.28 bits per heavy atom. The van der Waals surface area contributed by atoms with Gasteiger partial charge in [0.15, 0.2) is 13.2 Å². The van der Waals surface area contributed by atoms with Crippen LogP contribution in [0.4, 0.5) is 17.1 Å². The number of carbonyl (C=O) groups is 3. The van der Waals surface area contributed by atoms with E-state index in [-0.39, 0.29) is 24.5 Å². The van der Waals surface area contributed by atoms with E-state index in [0.717, 1.165) is 0 Å². The Morgan fingerprint density at radius 2 is 2.03 bits per heavy atom. The fourth-order valence-electron chi connectivity index (χ4n) is 2.73. The third-order valence-corrected chi connectivity index (χ3v) is 4.15. The summed E-state index contributed by atoms with van der Waals surface area (Å²) in [5.41, 5.74) is 0.969. The standard InChI is InChI=1S/C19H17N3O7/c1-12-6-7-13(8-15(12)22(26)27)20-17(23)10-29-19(25)9-21-14-4-2-3-5-16(14)28-11-18(21)24/h2-8H,9-11H2,1H3,(H,20,23). The van der Waals surface area contributed by atoms with Crippen LogP contribution in [-0.2, 0) is 19.1 Å². The quantitative estimate of drug-likeness (QED) is 0.446. The second-order valence-electron chi connectivity index (χ2n) is 6.20. The average Bonchev–Trinajstić information content (AvgIpc) is 2.70. The van der Waals surface area contributed by atoms with Crippen molar-refractivity contribution >= 4 is 34.8 Å². The number of aryl methyl sites for hydroxylation is 1. The Labute approximate surface area is 165 Å². The zero-order valence-corrected chi connectivity index (χ0v) is 15.4. The third-order valence-electron chi connectivity index (χ3n) is 4.15. The molecule has 0 radical (unpaired) electrons. The van der Waals surface area contributed by atoms with Crippen molar-refractivity contribution in [3.8, 4) is 5.75 Å². The summed E-state index contributed by atoms with van der Waals surface area (Å²) in [6.45, 7) is 0.413. The number of ether oxygens (including phenoxy) is 2. The van der Waals surface area contributed by atoms with Crippen LogP contribution >= 0.6 is 0 Å². The van der Waals surface area contributed by atoms with Gasteiger partial charge in [-0.05, 0) is 25.1 Å². The molecule has 1 aliphatic rings. The van der Waals surface area contributed by atoms with E-state index in [0.29, 0.717) is 17.0 Å². The van der Waals surface area contributed by atoms with E-state index in [9.17, 15) is 24.5 Å². The van der Waals surface area contributed by atoms with Crippen molar-refractivity contribution in [3.05, 3.63) is 58.1 Å². The number of fused-ring (bicyclic) bond motifs is 1. The van der Waals surface area contributed by atoms with Crippen LogP contribution in [0.5, 0.6) is 5.75 Å². The van der Waals surface area contributed by atoms with Gasteiger partial charge in [-0.15, -0.1) is 0 Å². The van der Waals surface area contributed by atoms with E-state index < -0.39 is 29.3 Å². The van der Waals surface area contributed by atoms with Crippen LogP contribution in [0.15, 0.2) is 42.5 Å². The van der Waals surface area contributed by atoms with Crippen molar-refractivity contribution in [2.75, 3.05) is 30.0 Å². The number of nitrogens with one attached hydrogen (secondary N) is 1. The highest BCUT2D eigenvalue weighted by Crippen LogP contribution is 2.31. The molecule has 0 atom stereocenters. The lowest BCUT2D eigenvalue weighted by atomic mass is 10.2. The SMILES string of the molecule is Cc1ccc(NC(=O)COC(=O)CN2C(=O)COc3ccccc32)cc1[N+](=O)[O-]. The Morgan fingerprint density at radius 3 is 2.79 bits per heavy atom. The predicted octanol–water partition coefficient (Wildman–Crippen LogP) is 1.81. The first kappa shape index (κ1) is 19.8. The Balaban J connectivity index is 1.56. The van der Waals surface area contributed by atoms with Gasteiger partial charge in [-0.1, -0.05) is 18.2 Å². The number of carbonyl (C=O) groups excluding carboxylic acids is 3. The predicted molar refractivity (Wildman–Crippen MR) is 102 cm³/mol. The zero-order chi connectivity index (χ0) is 21.0. The van der Waals surface area contributed by atoms with Crippen LogP contribution in [0.25, 0.3) is 0 Å². The molecule has 0 fully saturated rings. The summed E-state index contributed by atoms with van der Waals surface area (Å²) in [7, 11) is 0. The summed E-state index contributed by atoms with van der Waals surface area (Å²) in [6.07, 6.45) is 0. The molecule has 29 heavy (non-hydrogen) atoms. The first-order chi connectivity index (χ1) is 13.8. The second-order valence-corrected chi connectivity index (χ2v) is 6.20. The largest absolute Gasteiger partial charge is 0.482 e. The van der Waals surface area contributed by atoms with E-state index in [4.69, 9.17) is 9.47 Å². The minimum Gasteiger partial charge on any atom is -0.482 e. The number of esters is 1. The molecule has 2 amide bonds. The smallest absolute Gasteiger partial charge is 0.326 e. The average molecular weight is 399 g/mol. The summed E-state index contributed by atoms with van der Waals surface area (Å²) < 4.78 is 10.2. The number of rotatable bonds is 6. The van der Waals surface area contributed by atoms with Gasteiger partial charge in [0.1, 0.15) is 12.3 Å². The molecule has 2 aromatic carbocycles. The van der Waals surface area contributed by atoms with Crippen molar-refractivity contribution in [2.24, 2.45) is 0 Å². The van der Waals surface area contributed by atoms with Crippen LogP contribution in [-0.4, -0.2) is 42.5 Å². The number of nitro groups is 1. The zero-order valence-electron chi connectivity index (χ0n) is 15.4. The molecule has 3 rings (SSSR count). The van der Waals surface area contributed by atoms with Gasteiger partial charge in [-0.3, -0.25) is 29.4 Å².